The Balaban J connectivity index is 4.55. The van der Waals surface area contributed by atoms with E-state index in [2.05, 4.69) is 0 Å². The van der Waals surface area contributed by atoms with Crippen LogP contribution in [0.15, 0.2) is 0 Å². The molecule has 0 aliphatic rings. The number of carbonyl (C=O) groups is 4. The third-order valence-electron chi connectivity index (χ3n) is 2.09. The lowest BCUT2D eigenvalue weighted by Gasteiger charge is -2.14. The molecule has 1 unspecified atom stereocenters. The molecule has 0 saturated heterocycles. The molecule has 2 atom stereocenters. The van der Waals surface area contributed by atoms with E-state index in [1.54, 1.807) is 0 Å². The molecule has 0 aliphatic carbocycles. The number of primary amides is 1. The van der Waals surface area contributed by atoms with E-state index in [1.165, 1.54) is 0 Å². The largest absolute Gasteiger partial charge is 0.481 e. The van der Waals surface area contributed by atoms with Gasteiger partial charge in [-0.1, -0.05) is 0 Å². The molecule has 0 aromatic carbocycles. The van der Waals surface area contributed by atoms with E-state index in [0.29, 0.717) is 0 Å². The summed E-state index contributed by atoms with van der Waals surface area (Å²) in [5.41, 5.74) is 10.2. The molecule has 0 spiro atoms. The zero-order valence-electron chi connectivity index (χ0n) is 8.96. The van der Waals surface area contributed by atoms with Gasteiger partial charge in [0.15, 0.2) is 5.78 Å². The summed E-state index contributed by atoms with van der Waals surface area (Å²) < 4.78 is 0. The fourth-order valence-corrected chi connectivity index (χ4v) is 1.18. The lowest BCUT2D eigenvalue weighted by molar-refractivity contribution is -0.152. The molecule has 0 aromatic rings. The maximum absolute atomic E-state index is 11.5. The van der Waals surface area contributed by atoms with E-state index >= 15 is 0 Å². The van der Waals surface area contributed by atoms with Crippen LogP contribution in [0.5, 0.6) is 0 Å². The van der Waals surface area contributed by atoms with Crippen LogP contribution in [0, 0.1) is 5.92 Å². The Morgan fingerprint density at radius 2 is 1.65 bits per heavy atom. The lowest BCUT2D eigenvalue weighted by Crippen LogP contribution is -2.40. The van der Waals surface area contributed by atoms with E-state index in [-0.39, 0.29) is 12.8 Å². The van der Waals surface area contributed by atoms with Crippen LogP contribution in [-0.4, -0.2) is 39.9 Å². The number of carbonyl (C=O) groups excluding carboxylic acids is 2. The second-order valence-electron chi connectivity index (χ2n) is 3.50. The average molecular weight is 246 g/mol. The quantitative estimate of drug-likeness (QED) is 0.372. The van der Waals surface area contributed by atoms with Gasteiger partial charge in [0, 0.05) is 6.42 Å². The first-order valence-corrected chi connectivity index (χ1v) is 4.78. The molecule has 0 rings (SSSR count). The number of amides is 1. The van der Waals surface area contributed by atoms with Crippen LogP contribution in [0.1, 0.15) is 19.3 Å². The van der Waals surface area contributed by atoms with E-state index in [9.17, 15) is 19.2 Å². The fourth-order valence-electron chi connectivity index (χ4n) is 1.18. The molecular weight excluding hydrogens is 232 g/mol. The Bertz CT molecular complexity index is 340. The average Bonchev–Trinajstić information content (AvgIpc) is 2.20. The first-order valence-electron chi connectivity index (χ1n) is 4.78. The number of rotatable bonds is 8. The lowest BCUT2D eigenvalue weighted by atomic mass is 9.93. The Morgan fingerprint density at radius 3 is 2.00 bits per heavy atom. The van der Waals surface area contributed by atoms with Crippen LogP contribution >= 0.6 is 0 Å². The molecule has 0 heterocycles. The minimum Gasteiger partial charge on any atom is -0.481 e. The smallest absolute Gasteiger partial charge is 0.314 e. The summed E-state index contributed by atoms with van der Waals surface area (Å²) in [6.07, 6.45) is -1.09. The molecule has 0 bridgehead atoms. The van der Waals surface area contributed by atoms with Crippen LogP contribution in [0.3, 0.4) is 0 Å². The first-order chi connectivity index (χ1) is 7.75. The van der Waals surface area contributed by atoms with Gasteiger partial charge in [-0.2, -0.15) is 0 Å². The van der Waals surface area contributed by atoms with E-state index in [4.69, 9.17) is 21.7 Å². The summed E-state index contributed by atoms with van der Waals surface area (Å²) in [6.45, 7) is 0. The molecule has 17 heavy (non-hydrogen) atoms. The molecular formula is C9H14N2O6. The molecule has 0 aromatic heterocycles. The molecule has 0 aliphatic heterocycles. The summed E-state index contributed by atoms with van der Waals surface area (Å²) >= 11 is 0. The predicted molar refractivity (Wildman–Crippen MR) is 54.8 cm³/mol. The third kappa shape index (κ3) is 5.61. The second-order valence-corrected chi connectivity index (χ2v) is 3.50. The van der Waals surface area contributed by atoms with Crippen molar-refractivity contribution < 1.29 is 29.4 Å². The van der Waals surface area contributed by atoms with Crippen molar-refractivity contribution >= 4 is 23.6 Å². The molecule has 6 N–H and O–H groups in total. The van der Waals surface area contributed by atoms with Crippen molar-refractivity contribution in [1.29, 1.82) is 0 Å². The van der Waals surface area contributed by atoms with Crippen molar-refractivity contribution in [3.05, 3.63) is 0 Å². The minimum absolute atomic E-state index is 0.0996. The third-order valence-corrected chi connectivity index (χ3v) is 2.09. The van der Waals surface area contributed by atoms with Gasteiger partial charge in [0.2, 0.25) is 5.91 Å². The number of ketones is 1. The van der Waals surface area contributed by atoms with Crippen LogP contribution in [0.4, 0.5) is 0 Å². The number of hydrogen-bond acceptors (Lipinski definition) is 5. The predicted octanol–water partition coefficient (Wildman–Crippen LogP) is -1.68. The number of Topliss-reactive ketones (excluding diaryl/α,β-unsaturated/α-hetero) is 1. The Kier molecular flexibility index (Phi) is 5.83. The van der Waals surface area contributed by atoms with Gasteiger partial charge in [0.05, 0.1) is 12.5 Å². The van der Waals surface area contributed by atoms with Crippen molar-refractivity contribution in [2.24, 2.45) is 17.4 Å². The van der Waals surface area contributed by atoms with Crippen molar-refractivity contribution in [3.63, 3.8) is 0 Å². The van der Waals surface area contributed by atoms with E-state index in [0.717, 1.165) is 0 Å². The number of carboxylic acids is 2. The molecule has 8 nitrogen and oxygen atoms in total. The Labute approximate surface area is 96.6 Å². The SMILES string of the molecule is NC(=O)CC[C@H](N)C(=O)C(CC(=O)O)C(=O)O. The van der Waals surface area contributed by atoms with Crippen LogP contribution in [0.2, 0.25) is 0 Å². The topological polar surface area (TPSA) is 161 Å². The zero-order valence-corrected chi connectivity index (χ0v) is 8.96. The normalized spacial score (nSPS) is 13.7. The van der Waals surface area contributed by atoms with E-state index in [1.807, 2.05) is 0 Å². The maximum Gasteiger partial charge on any atom is 0.314 e. The van der Waals surface area contributed by atoms with Gasteiger partial charge in [0.1, 0.15) is 5.92 Å². The number of hydrogen-bond donors (Lipinski definition) is 4. The summed E-state index contributed by atoms with van der Waals surface area (Å²) in [5.74, 6) is -6.24. The van der Waals surface area contributed by atoms with Gasteiger partial charge in [-0.3, -0.25) is 19.2 Å². The van der Waals surface area contributed by atoms with E-state index < -0.39 is 42.0 Å². The fraction of sp³-hybridized carbons (Fsp3) is 0.556. The van der Waals surface area contributed by atoms with Crippen LogP contribution in [0.25, 0.3) is 0 Å². The second kappa shape index (κ2) is 6.59. The standard InChI is InChI=1S/C9H14N2O6/c10-5(1-2-6(11)12)8(15)4(9(16)17)3-7(13)14/h4-5H,1-3,10H2,(H2,11,12)(H,13,14)(H,16,17)/t4?,5-/m0/s1. The Hall–Kier alpha value is -1.96. The summed E-state index contributed by atoms with van der Waals surface area (Å²) in [6, 6.07) is -1.21. The monoisotopic (exact) mass is 246 g/mol. The molecule has 0 radical (unpaired) electrons. The molecule has 8 heteroatoms. The van der Waals surface area contributed by atoms with Gasteiger partial charge in [-0.25, -0.2) is 0 Å². The number of carboxylic acid groups (broad SMARTS) is 2. The van der Waals surface area contributed by atoms with Crippen molar-refractivity contribution in [2.45, 2.75) is 25.3 Å². The summed E-state index contributed by atoms with van der Waals surface area (Å²) in [4.78, 5) is 43.0. The molecule has 0 saturated carbocycles. The number of nitrogens with two attached hydrogens (primary N) is 2. The van der Waals surface area contributed by atoms with Gasteiger partial charge in [-0.05, 0) is 6.42 Å². The zero-order chi connectivity index (χ0) is 13.6. The number of aliphatic carboxylic acids is 2. The minimum atomic E-state index is -1.70. The van der Waals surface area contributed by atoms with Crippen molar-refractivity contribution in [3.8, 4) is 0 Å². The summed E-state index contributed by atoms with van der Waals surface area (Å²) in [5, 5.41) is 17.1. The Morgan fingerprint density at radius 1 is 1.12 bits per heavy atom. The van der Waals surface area contributed by atoms with Crippen molar-refractivity contribution in [2.75, 3.05) is 0 Å². The first kappa shape index (κ1) is 15.0. The molecule has 96 valence electrons. The van der Waals surface area contributed by atoms with Crippen molar-refractivity contribution in [1.82, 2.24) is 0 Å². The van der Waals surface area contributed by atoms with Crippen LogP contribution < -0.4 is 11.5 Å². The highest BCUT2D eigenvalue weighted by Gasteiger charge is 2.32. The summed E-state index contributed by atoms with van der Waals surface area (Å²) in [7, 11) is 0. The molecule has 1 amide bonds. The highest BCUT2D eigenvalue weighted by Crippen LogP contribution is 2.10. The van der Waals surface area contributed by atoms with Crippen LogP contribution in [-0.2, 0) is 19.2 Å². The van der Waals surface area contributed by atoms with Gasteiger partial charge in [-0.15, -0.1) is 0 Å². The maximum atomic E-state index is 11.5. The van der Waals surface area contributed by atoms with Gasteiger partial charge < -0.3 is 21.7 Å². The highest BCUT2D eigenvalue weighted by atomic mass is 16.4. The van der Waals surface area contributed by atoms with Gasteiger partial charge >= 0.3 is 11.9 Å². The molecule has 0 fully saturated rings. The van der Waals surface area contributed by atoms with Gasteiger partial charge in [0.25, 0.3) is 0 Å². The highest BCUT2D eigenvalue weighted by molar-refractivity contribution is 6.03.